The molecule has 21 heavy (non-hydrogen) atoms. The molecule has 1 aromatic carbocycles. The van der Waals surface area contributed by atoms with Crippen LogP contribution < -0.4 is 16.6 Å². The van der Waals surface area contributed by atoms with Crippen LogP contribution in [0.15, 0.2) is 37.0 Å². The molecule has 3 aromatic heterocycles. The van der Waals surface area contributed by atoms with Gasteiger partial charge in [0.15, 0.2) is 5.43 Å². The van der Waals surface area contributed by atoms with E-state index in [-0.39, 0.29) is 16.6 Å². The van der Waals surface area contributed by atoms with Gasteiger partial charge in [0, 0.05) is 22.5 Å². The van der Waals surface area contributed by atoms with E-state index in [1.807, 2.05) is 0 Å². The first kappa shape index (κ1) is 11.7. The number of nitrogens with one attached hydrogen (secondary N) is 3. The van der Waals surface area contributed by atoms with Crippen molar-refractivity contribution in [2.24, 2.45) is 0 Å². The summed E-state index contributed by atoms with van der Waals surface area (Å²) in [5.41, 5.74) is 0.0531. The van der Waals surface area contributed by atoms with Crippen molar-refractivity contribution in [1.29, 1.82) is 0 Å². The Kier molecular flexibility index (Phi) is 2.08. The van der Waals surface area contributed by atoms with Crippen LogP contribution in [0.5, 0.6) is 0 Å². The van der Waals surface area contributed by atoms with E-state index in [0.717, 1.165) is 0 Å². The first-order valence-electron chi connectivity index (χ1n) is 6.26. The number of H-pyrrole nitrogens is 3. The van der Waals surface area contributed by atoms with E-state index in [0.29, 0.717) is 32.9 Å². The largest absolute Gasteiger partial charge is 0.422 e. The second-order valence-corrected chi connectivity index (χ2v) is 4.88. The highest BCUT2D eigenvalue weighted by Crippen LogP contribution is 2.27. The van der Waals surface area contributed by atoms with Crippen LogP contribution in [0.1, 0.15) is 5.69 Å². The predicted molar refractivity (Wildman–Crippen MR) is 77.8 cm³/mol. The van der Waals surface area contributed by atoms with Crippen molar-refractivity contribution in [3.8, 4) is 0 Å². The van der Waals surface area contributed by atoms with Gasteiger partial charge in [0.2, 0.25) is 0 Å². The van der Waals surface area contributed by atoms with E-state index in [1.165, 1.54) is 12.1 Å². The van der Waals surface area contributed by atoms with Crippen LogP contribution >= 0.6 is 0 Å². The molecule has 0 bridgehead atoms. The SMILES string of the molecule is Cc1[nH]c2[nH][nH]c(=O)c2c2c1c(=O)oc1cc(=O)ccc12. The van der Waals surface area contributed by atoms with Gasteiger partial charge < -0.3 is 9.40 Å². The van der Waals surface area contributed by atoms with Gasteiger partial charge in [0.05, 0.1) is 10.8 Å². The molecule has 7 nitrogen and oxygen atoms in total. The first-order chi connectivity index (χ1) is 10.1. The minimum Gasteiger partial charge on any atom is -0.422 e. The lowest BCUT2D eigenvalue weighted by Crippen LogP contribution is -2.08. The van der Waals surface area contributed by atoms with Crippen molar-refractivity contribution < 1.29 is 4.42 Å². The lowest BCUT2D eigenvalue weighted by Gasteiger charge is -2.05. The fraction of sp³-hybridized carbons (Fsp3) is 0.0714. The van der Waals surface area contributed by atoms with Gasteiger partial charge >= 0.3 is 5.63 Å². The monoisotopic (exact) mass is 283 g/mol. The van der Waals surface area contributed by atoms with E-state index < -0.39 is 5.63 Å². The third kappa shape index (κ3) is 1.45. The van der Waals surface area contributed by atoms with Crippen molar-refractivity contribution in [3.63, 3.8) is 0 Å². The molecule has 0 saturated heterocycles. The Hall–Kier alpha value is -3.09. The molecule has 3 heterocycles. The molecule has 7 heteroatoms. The van der Waals surface area contributed by atoms with Crippen molar-refractivity contribution >= 4 is 32.8 Å². The van der Waals surface area contributed by atoms with E-state index in [1.54, 1.807) is 13.0 Å². The Balaban J connectivity index is 2.52. The maximum Gasteiger partial charge on any atom is 0.345 e. The predicted octanol–water partition coefficient (Wildman–Crippen LogP) is 1.11. The molecule has 0 saturated carbocycles. The van der Waals surface area contributed by atoms with Crippen molar-refractivity contribution in [2.45, 2.75) is 6.92 Å². The van der Waals surface area contributed by atoms with Gasteiger partial charge in [-0.15, -0.1) is 0 Å². The second kappa shape index (κ2) is 3.72. The van der Waals surface area contributed by atoms with Gasteiger partial charge in [-0.1, -0.05) is 0 Å². The molecule has 0 amide bonds. The van der Waals surface area contributed by atoms with Crippen LogP contribution in [0.4, 0.5) is 0 Å². The number of hydrogen-bond donors (Lipinski definition) is 3. The molecule has 4 rings (SSSR count). The summed E-state index contributed by atoms with van der Waals surface area (Å²) in [5, 5.41) is 6.89. The molecule has 0 aliphatic rings. The highest BCUT2D eigenvalue weighted by atomic mass is 16.4. The van der Waals surface area contributed by atoms with Crippen LogP contribution in [0, 0.1) is 6.92 Å². The summed E-state index contributed by atoms with van der Waals surface area (Å²) in [6.07, 6.45) is 0. The summed E-state index contributed by atoms with van der Waals surface area (Å²) in [5.74, 6) is 0. The zero-order chi connectivity index (χ0) is 14.7. The Morgan fingerprint density at radius 3 is 2.62 bits per heavy atom. The van der Waals surface area contributed by atoms with Crippen LogP contribution in [0.3, 0.4) is 0 Å². The van der Waals surface area contributed by atoms with E-state index in [9.17, 15) is 14.4 Å². The lowest BCUT2D eigenvalue weighted by atomic mass is 10.0. The van der Waals surface area contributed by atoms with Crippen molar-refractivity contribution in [1.82, 2.24) is 15.2 Å². The average molecular weight is 283 g/mol. The lowest BCUT2D eigenvalue weighted by molar-refractivity contribution is 0.569. The molecule has 3 N–H and O–H groups in total. The highest BCUT2D eigenvalue weighted by molar-refractivity contribution is 6.17. The fourth-order valence-electron chi connectivity index (χ4n) is 2.72. The second-order valence-electron chi connectivity index (χ2n) is 4.88. The van der Waals surface area contributed by atoms with Gasteiger partial charge in [-0.3, -0.25) is 19.8 Å². The van der Waals surface area contributed by atoms with Gasteiger partial charge in [-0.25, -0.2) is 4.79 Å². The third-order valence-electron chi connectivity index (χ3n) is 3.59. The summed E-state index contributed by atoms with van der Waals surface area (Å²) < 4.78 is 5.20. The molecule has 0 aliphatic carbocycles. The maximum atomic E-state index is 12.2. The zero-order valence-corrected chi connectivity index (χ0v) is 10.9. The molecular weight excluding hydrogens is 274 g/mol. The van der Waals surface area contributed by atoms with Crippen molar-refractivity contribution in [3.05, 3.63) is 54.9 Å². The van der Waals surface area contributed by atoms with Gasteiger partial charge in [0.25, 0.3) is 5.56 Å². The fourth-order valence-corrected chi connectivity index (χ4v) is 2.72. The normalized spacial score (nSPS) is 11.7. The summed E-state index contributed by atoms with van der Waals surface area (Å²) >= 11 is 0. The summed E-state index contributed by atoms with van der Waals surface area (Å²) in [4.78, 5) is 38.6. The van der Waals surface area contributed by atoms with E-state index in [4.69, 9.17) is 4.42 Å². The highest BCUT2D eigenvalue weighted by Gasteiger charge is 2.16. The molecule has 104 valence electrons. The first-order valence-corrected chi connectivity index (χ1v) is 6.26. The van der Waals surface area contributed by atoms with Crippen LogP contribution in [0.25, 0.3) is 32.8 Å². The quantitative estimate of drug-likeness (QED) is 0.331. The van der Waals surface area contributed by atoms with Gasteiger partial charge in [-0.2, -0.15) is 0 Å². The third-order valence-corrected chi connectivity index (χ3v) is 3.59. The number of benzene rings is 1. The minimum absolute atomic E-state index is 0.174. The summed E-state index contributed by atoms with van der Waals surface area (Å²) in [6, 6.07) is 4.18. The Bertz CT molecular complexity index is 1210. The van der Waals surface area contributed by atoms with E-state index in [2.05, 4.69) is 15.2 Å². The summed E-state index contributed by atoms with van der Waals surface area (Å²) in [6.45, 7) is 1.72. The Morgan fingerprint density at radius 1 is 1.00 bits per heavy atom. The Labute approximate surface area is 115 Å². The van der Waals surface area contributed by atoms with Gasteiger partial charge in [-0.05, 0) is 19.1 Å². The molecule has 0 atom stereocenters. The van der Waals surface area contributed by atoms with E-state index >= 15 is 0 Å². The molecule has 0 aliphatic heterocycles. The topological polar surface area (TPSA) is 112 Å². The average Bonchev–Trinajstić information content (AvgIpc) is 2.79. The van der Waals surface area contributed by atoms with Crippen LogP contribution in [-0.4, -0.2) is 15.2 Å². The zero-order valence-electron chi connectivity index (χ0n) is 10.9. The number of aryl methyl sites for hydroxylation is 1. The smallest absolute Gasteiger partial charge is 0.345 e. The molecule has 0 fully saturated rings. The number of pyridine rings is 1. The number of fused-ring (bicyclic) bond motifs is 5. The van der Waals surface area contributed by atoms with Crippen molar-refractivity contribution in [2.75, 3.05) is 0 Å². The number of aromatic nitrogens is 3. The standard InChI is InChI=1S/C14H9N3O4/c1-5-9-10(11-12(15-5)16-17-13(11)19)7-3-2-6(18)4-8(7)21-14(9)20/h2-4H,1H3,(H3,15,16,17,19). The summed E-state index contributed by atoms with van der Waals surface area (Å²) in [7, 11) is 0. The molecule has 4 aromatic rings. The number of hydrogen-bond acceptors (Lipinski definition) is 4. The van der Waals surface area contributed by atoms with Crippen LogP contribution in [-0.2, 0) is 0 Å². The molecular formula is C14H9N3O4. The Morgan fingerprint density at radius 2 is 1.81 bits per heavy atom. The van der Waals surface area contributed by atoms with Crippen LogP contribution in [0.2, 0.25) is 0 Å². The van der Waals surface area contributed by atoms with Gasteiger partial charge in [0.1, 0.15) is 11.2 Å². The molecule has 0 spiro atoms. The number of aromatic amines is 3. The molecule has 0 unspecified atom stereocenters. The maximum absolute atomic E-state index is 12.2. The number of rotatable bonds is 0. The minimum atomic E-state index is -0.584. The molecule has 0 radical (unpaired) electrons.